The zero-order valence-corrected chi connectivity index (χ0v) is 31.5. The van der Waals surface area contributed by atoms with E-state index in [0.29, 0.717) is 23.8 Å². The molecule has 0 amide bonds. The lowest BCUT2D eigenvalue weighted by molar-refractivity contribution is 0.441. The smallest absolute Gasteiger partial charge is 0.182 e. The average Bonchev–Trinajstić information content (AvgIpc) is 3.09. The van der Waals surface area contributed by atoms with Gasteiger partial charge < -0.3 is 31.5 Å². The van der Waals surface area contributed by atoms with Gasteiger partial charge in [0.2, 0.25) is 0 Å². The number of benzene rings is 1. The van der Waals surface area contributed by atoms with Crippen molar-refractivity contribution in [2.75, 3.05) is 30.7 Å². The molecule has 0 fully saturated rings. The van der Waals surface area contributed by atoms with Crippen LogP contribution < -0.4 is 26.6 Å². The monoisotopic (exact) mass is 695 g/mol. The minimum absolute atomic E-state index is 0.0723. The van der Waals surface area contributed by atoms with Crippen molar-refractivity contribution in [2.45, 2.75) is 72.4 Å². The molecule has 1 aliphatic heterocycles. The van der Waals surface area contributed by atoms with Crippen LogP contribution in [0, 0.1) is 0 Å². The predicted octanol–water partition coefficient (Wildman–Crippen LogP) is 8.43. The van der Waals surface area contributed by atoms with E-state index < -0.39 is 0 Å². The van der Waals surface area contributed by atoms with Crippen LogP contribution in [-0.2, 0) is 6.54 Å². The third-order valence-corrected chi connectivity index (χ3v) is 9.14. The average molecular weight is 696 g/mol. The molecule has 1 unspecified atom stereocenters. The van der Waals surface area contributed by atoms with Gasteiger partial charge in [-0.1, -0.05) is 77.6 Å². The van der Waals surface area contributed by atoms with Gasteiger partial charge in [-0.25, -0.2) is 15.0 Å². The van der Waals surface area contributed by atoms with Gasteiger partial charge in [-0.2, -0.15) is 0 Å². The Morgan fingerprint density at radius 3 is 2.36 bits per heavy atom. The van der Waals surface area contributed by atoms with Gasteiger partial charge in [0.25, 0.3) is 0 Å². The van der Waals surface area contributed by atoms with Crippen molar-refractivity contribution < 1.29 is 0 Å². The maximum absolute atomic E-state index is 4.68. The SMILES string of the molecule is C=C(CCC(NC(=C)c1ccc(NCc2cnc3c(n2)C(=C)NC(C)=N3)cc1)C(=C)C)NCCSC(=C)N(CCC(=C)NCCC)C(=C)CC. The van der Waals surface area contributed by atoms with E-state index in [4.69, 9.17) is 0 Å². The van der Waals surface area contributed by atoms with Crippen LogP contribution in [0.25, 0.3) is 11.4 Å². The number of nitrogens with zero attached hydrogens (tertiary/aromatic N) is 4. The molecule has 0 aliphatic carbocycles. The number of amidine groups is 1. The minimum Gasteiger partial charge on any atom is -0.389 e. The van der Waals surface area contributed by atoms with Crippen molar-refractivity contribution in [2.24, 2.45) is 4.99 Å². The van der Waals surface area contributed by atoms with Gasteiger partial charge in [0, 0.05) is 66.3 Å². The van der Waals surface area contributed by atoms with Gasteiger partial charge in [0.05, 0.1) is 29.2 Å². The topological polar surface area (TPSA) is 102 Å². The number of aliphatic imine (C=N–C) groups is 1. The Hall–Kier alpha value is -4.70. The zero-order valence-electron chi connectivity index (χ0n) is 30.7. The standard InChI is InChI=1S/C40H57N9S/c1-12-21-41-29(6)20-23-49(30(7)13-2)34(11)50-24-22-42-28(5)14-19-38(27(3)4)46-31(8)35-15-17-36(18-16-35)43-25-37-26-44-40-39(48-37)32(9)45-33(10)47-40/h15-18,26,38,41-43,46H,3,5-9,11-14,19-25H2,1-2,4,10H3,(H,44,45,47). The highest BCUT2D eigenvalue weighted by molar-refractivity contribution is 8.03. The molecule has 0 saturated carbocycles. The van der Waals surface area contributed by atoms with Crippen LogP contribution in [0.3, 0.4) is 0 Å². The Morgan fingerprint density at radius 1 is 0.980 bits per heavy atom. The van der Waals surface area contributed by atoms with Crippen LogP contribution in [0.1, 0.15) is 76.8 Å². The predicted molar refractivity (Wildman–Crippen MR) is 218 cm³/mol. The van der Waals surface area contributed by atoms with Crippen LogP contribution >= 0.6 is 11.8 Å². The number of hydrogen-bond acceptors (Lipinski definition) is 10. The number of allylic oxidation sites excluding steroid dienone is 2. The van der Waals surface area contributed by atoms with E-state index in [-0.39, 0.29) is 6.04 Å². The largest absolute Gasteiger partial charge is 0.389 e. The van der Waals surface area contributed by atoms with Crippen molar-refractivity contribution in [1.29, 1.82) is 0 Å². The quantitative estimate of drug-likeness (QED) is 0.0547. The van der Waals surface area contributed by atoms with E-state index in [0.717, 1.165) is 114 Å². The van der Waals surface area contributed by atoms with Gasteiger partial charge in [-0.3, -0.25) is 0 Å². The fraction of sp³-hybridized carbons (Fsp3) is 0.375. The molecule has 0 spiro atoms. The van der Waals surface area contributed by atoms with E-state index in [2.05, 4.69) is 118 Å². The summed E-state index contributed by atoms with van der Waals surface area (Å²) in [5, 5.41) is 18.0. The second-order valence-corrected chi connectivity index (χ2v) is 13.6. The first-order chi connectivity index (χ1) is 23.9. The van der Waals surface area contributed by atoms with E-state index >= 15 is 0 Å². The first kappa shape index (κ1) is 39.7. The van der Waals surface area contributed by atoms with Crippen LogP contribution in [0.4, 0.5) is 11.5 Å². The lowest BCUT2D eigenvalue weighted by Gasteiger charge is -2.28. The maximum Gasteiger partial charge on any atom is 0.182 e. The highest BCUT2D eigenvalue weighted by Crippen LogP contribution is 2.26. The molecule has 1 aliphatic rings. The zero-order chi connectivity index (χ0) is 36.6. The fourth-order valence-electron chi connectivity index (χ4n) is 5.14. The molecular formula is C40H57N9S. The third-order valence-electron chi connectivity index (χ3n) is 8.18. The third kappa shape index (κ3) is 12.6. The normalized spacial score (nSPS) is 12.4. The highest BCUT2D eigenvalue weighted by Gasteiger charge is 2.17. The van der Waals surface area contributed by atoms with E-state index in [9.17, 15) is 0 Å². The van der Waals surface area contributed by atoms with E-state index in [1.807, 2.05) is 26.0 Å². The molecule has 2 aromatic rings. The number of rotatable bonds is 24. The molecule has 50 heavy (non-hydrogen) atoms. The molecule has 268 valence electrons. The molecule has 3 rings (SSSR count). The molecule has 9 nitrogen and oxygen atoms in total. The fourth-order valence-corrected chi connectivity index (χ4v) is 5.95. The van der Waals surface area contributed by atoms with E-state index in [1.54, 1.807) is 18.0 Å². The first-order valence-corrected chi connectivity index (χ1v) is 18.3. The second kappa shape index (κ2) is 20.1. The summed E-state index contributed by atoms with van der Waals surface area (Å²) in [7, 11) is 0. The Labute approximate surface area is 305 Å². The number of nitrogens with one attached hydrogen (secondary N) is 5. The van der Waals surface area contributed by atoms with Crippen LogP contribution in [0.2, 0.25) is 0 Å². The second-order valence-electron chi connectivity index (χ2n) is 12.5. The molecule has 0 saturated heterocycles. The van der Waals surface area contributed by atoms with Crippen molar-refractivity contribution in [3.05, 3.63) is 121 Å². The van der Waals surface area contributed by atoms with Crippen LogP contribution in [-0.4, -0.2) is 52.1 Å². The Morgan fingerprint density at radius 2 is 1.68 bits per heavy atom. The molecule has 10 heteroatoms. The molecule has 1 atom stereocenters. The molecule has 2 heterocycles. The summed E-state index contributed by atoms with van der Waals surface area (Å²) < 4.78 is 0. The summed E-state index contributed by atoms with van der Waals surface area (Å²) in [4.78, 5) is 15.7. The van der Waals surface area contributed by atoms with Crippen LogP contribution in [0.15, 0.2) is 109 Å². The number of fused-ring (bicyclic) bond motifs is 1. The highest BCUT2D eigenvalue weighted by atomic mass is 32.2. The number of thioether (sulfide) groups is 1. The molecule has 0 bridgehead atoms. The Balaban J connectivity index is 1.41. The van der Waals surface area contributed by atoms with Gasteiger partial charge >= 0.3 is 0 Å². The first-order valence-electron chi connectivity index (χ1n) is 17.3. The van der Waals surface area contributed by atoms with Crippen molar-refractivity contribution in [3.8, 4) is 0 Å². The summed E-state index contributed by atoms with van der Waals surface area (Å²) in [6.07, 6.45) is 6.24. The van der Waals surface area contributed by atoms with Gasteiger partial charge in [-0.15, -0.1) is 11.8 Å². The molecule has 1 aromatic heterocycles. The van der Waals surface area contributed by atoms with Crippen molar-refractivity contribution >= 4 is 40.5 Å². The van der Waals surface area contributed by atoms with Gasteiger partial charge in [-0.05, 0) is 57.2 Å². The summed E-state index contributed by atoms with van der Waals surface area (Å²) in [5.41, 5.74) is 9.21. The van der Waals surface area contributed by atoms with Gasteiger partial charge in [0.1, 0.15) is 11.5 Å². The van der Waals surface area contributed by atoms with Gasteiger partial charge in [0.15, 0.2) is 5.82 Å². The number of aromatic nitrogens is 2. The molecule has 5 N–H and O–H groups in total. The molecular weight excluding hydrogens is 639 g/mol. The van der Waals surface area contributed by atoms with Crippen molar-refractivity contribution in [3.63, 3.8) is 0 Å². The number of anilines is 1. The van der Waals surface area contributed by atoms with Crippen molar-refractivity contribution in [1.82, 2.24) is 36.1 Å². The molecule has 0 radical (unpaired) electrons. The lowest BCUT2D eigenvalue weighted by Crippen LogP contribution is -2.29. The lowest BCUT2D eigenvalue weighted by atomic mass is 10.0. The molecule has 1 aromatic carbocycles. The Kier molecular flexibility index (Phi) is 16.0. The summed E-state index contributed by atoms with van der Waals surface area (Å²) in [5.74, 6) is 2.23. The maximum atomic E-state index is 4.68. The number of hydrogen-bond donors (Lipinski definition) is 5. The minimum atomic E-state index is 0.0723. The van der Waals surface area contributed by atoms with Crippen LogP contribution in [0.5, 0.6) is 0 Å². The van der Waals surface area contributed by atoms with E-state index in [1.165, 1.54) is 0 Å². The summed E-state index contributed by atoms with van der Waals surface area (Å²) >= 11 is 1.74. The Bertz CT molecular complexity index is 1590. The summed E-state index contributed by atoms with van der Waals surface area (Å²) in [6, 6.07) is 8.25. The summed E-state index contributed by atoms with van der Waals surface area (Å²) in [6.45, 7) is 40.9.